The maximum atomic E-state index is 5.12. The number of halogens is 1. The minimum atomic E-state index is 0.887. The van der Waals surface area contributed by atoms with E-state index >= 15 is 0 Å². The fourth-order valence-electron chi connectivity index (χ4n) is 1.13. The maximum Gasteiger partial charge on any atom is 0.119 e. The monoisotopic (exact) mass is 240 g/mol. The van der Waals surface area contributed by atoms with Crippen LogP contribution in [0.5, 0.6) is 5.75 Å². The molecule has 0 aliphatic carbocycles. The van der Waals surface area contributed by atoms with Gasteiger partial charge in [0.15, 0.2) is 0 Å². The van der Waals surface area contributed by atoms with Gasteiger partial charge >= 0.3 is 0 Å². The van der Waals surface area contributed by atoms with Crippen LogP contribution in [0.2, 0.25) is 0 Å². The van der Waals surface area contributed by atoms with Crippen LogP contribution in [0.4, 0.5) is 0 Å². The van der Waals surface area contributed by atoms with E-state index in [0.717, 1.165) is 11.1 Å². The lowest BCUT2D eigenvalue weighted by Crippen LogP contribution is -1.85. The summed E-state index contributed by atoms with van der Waals surface area (Å²) in [5, 5.41) is 0.887. The largest absolute Gasteiger partial charge is 0.497 e. The highest BCUT2D eigenvalue weighted by atomic mass is 79.9. The molecule has 70 valence electrons. The Bertz CT molecular complexity index is 305. The lowest BCUT2D eigenvalue weighted by molar-refractivity contribution is 0.414. The molecule has 0 aromatic heterocycles. The van der Waals surface area contributed by atoms with Crippen molar-refractivity contribution in [2.45, 2.75) is 6.92 Å². The Kier molecular flexibility index (Phi) is 4.03. The Balaban J connectivity index is 2.91. The minimum Gasteiger partial charge on any atom is -0.497 e. The van der Waals surface area contributed by atoms with E-state index in [1.165, 1.54) is 11.1 Å². The van der Waals surface area contributed by atoms with E-state index in [-0.39, 0.29) is 0 Å². The first-order valence-electron chi connectivity index (χ1n) is 4.15. The molecule has 0 atom stereocenters. The van der Waals surface area contributed by atoms with Crippen molar-refractivity contribution in [2.24, 2.45) is 0 Å². The van der Waals surface area contributed by atoms with Crippen molar-refractivity contribution in [1.29, 1.82) is 0 Å². The summed E-state index contributed by atoms with van der Waals surface area (Å²) in [6.07, 6.45) is 4.18. The van der Waals surface area contributed by atoms with Gasteiger partial charge in [-0.25, -0.2) is 0 Å². The first-order valence-corrected chi connectivity index (χ1v) is 5.27. The van der Waals surface area contributed by atoms with Gasteiger partial charge in [-0.2, -0.15) is 0 Å². The normalized spacial score (nSPS) is 10.7. The number of methoxy groups -OCH3 is 1. The van der Waals surface area contributed by atoms with E-state index in [4.69, 9.17) is 4.74 Å². The predicted octanol–water partition coefficient (Wildman–Crippen LogP) is 3.41. The summed E-state index contributed by atoms with van der Waals surface area (Å²) >= 11 is 3.35. The van der Waals surface area contributed by atoms with Crippen LogP contribution in [0.1, 0.15) is 11.1 Å². The number of rotatable bonds is 3. The molecular weight excluding hydrogens is 228 g/mol. The molecule has 0 saturated heterocycles. The molecule has 1 aromatic carbocycles. The second-order valence-electron chi connectivity index (χ2n) is 2.78. The van der Waals surface area contributed by atoms with Crippen LogP contribution >= 0.6 is 15.9 Å². The molecule has 0 fully saturated rings. The van der Waals surface area contributed by atoms with Crippen LogP contribution in [-0.4, -0.2) is 12.4 Å². The molecule has 13 heavy (non-hydrogen) atoms. The lowest BCUT2D eigenvalue weighted by Gasteiger charge is -2.03. The van der Waals surface area contributed by atoms with Gasteiger partial charge in [-0.3, -0.25) is 0 Å². The summed E-state index contributed by atoms with van der Waals surface area (Å²) in [5.41, 5.74) is 2.47. The Morgan fingerprint density at radius 1 is 1.46 bits per heavy atom. The van der Waals surface area contributed by atoms with Crippen molar-refractivity contribution >= 4 is 22.0 Å². The quantitative estimate of drug-likeness (QED) is 0.737. The van der Waals surface area contributed by atoms with Gasteiger partial charge in [0.05, 0.1) is 7.11 Å². The van der Waals surface area contributed by atoms with Gasteiger partial charge in [-0.1, -0.05) is 34.1 Å². The molecule has 0 N–H and O–H groups in total. The smallest absolute Gasteiger partial charge is 0.119 e. The maximum absolute atomic E-state index is 5.12. The van der Waals surface area contributed by atoms with Gasteiger partial charge in [0, 0.05) is 5.33 Å². The average Bonchev–Trinajstić information content (AvgIpc) is 2.16. The molecule has 0 unspecified atom stereocenters. The number of benzene rings is 1. The summed E-state index contributed by atoms with van der Waals surface area (Å²) in [4.78, 5) is 0. The Hall–Kier alpha value is -0.760. The average molecular weight is 241 g/mol. The van der Waals surface area contributed by atoms with Crippen molar-refractivity contribution in [3.8, 4) is 5.75 Å². The van der Waals surface area contributed by atoms with E-state index in [1.807, 2.05) is 12.1 Å². The van der Waals surface area contributed by atoms with Gasteiger partial charge in [0.25, 0.3) is 0 Å². The molecular formula is C11H13BrO. The van der Waals surface area contributed by atoms with Gasteiger partial charge in [-0.05, 0) is 30.2 Å². The zero-order chi connectivity index (χ0) is 9.68. The van der Waals surface area contributed by atoms with E-state index in [1.54, 1.807) is 7.11 Å². The molecule has 1 nitrogen and oxygen atoms in total. The topological polar surface area (TPSA) is 9.23 Å². The van der Waals surface area contributed by atoms with E-state index in [2.05, 4.69) is 41.1 Å². The van der Waals surface area contributed by atoms with Gasteiger partial charge < -0.3 is 4.74 Å². The highest BCUT2D eigenvalue weighted by Gasteiger charge is 1.95. The second kappa shape index (κ2) is 5.07. The van der Waals surface area contributed by atoms with Crippen molar-refractivity contribution < 1.29 is 4.74 Å². The Labute approximate surface area is 87.5 Å². The highest BCUT2D eigenvalue weighted by molar-refractivity contribution is 9.09. The molecule has 0 radical (unpaired) electrons. The molecule has 1 aromatic rings. The number of hydrogen-bond donors (Lipinski definition) is 0. The summed E-state index contributed by atoms with van der Waals surface area (Å²) in [6, 6.07) is 6.07. The number of alkyl halides is 1. The fraction of sp³-hybridized carbons (Fsp3) is 0.273. The molecule has 0 aliphatic rings. The number of allylic oxidation sites excluding steroid dienone is 1. The predicted molar refractivity (Wildman–Crippen MR) is 60.6 cm³/mol. The van der Waals surface area contributed by atoms with E-state index in [0.29, 0.717) is 0 Å². The zero-order valence-electron chi connectivity index (χ0n) is 7.88. The van der Waals surface area contributed by atoms with Gasteiger partial charge in [-0.15, -0.1) is 0 Å². The highest BCUT2D eigenvalue weighted by Crippen LogP contribution is 2.17. The standard InChI is InChI=1S/C11H13BrO/c1-9-8-11(13-2)6-5-10(9)4-3-7-12/h3-6,8H,7H2,1-2H3. The summed E-state index contributed by atoms with van der Waals surface area (Å²) in [5.74, 6) is 0.911. The Morgan fingerprint density at radius 2 is 2.23 bits per heavy atom. The third kappa shape index (κ3) is 2.88. The lowest BCUT2D eigenvalue weighted by atomic mass is 10.1. The Morgan fingerprint density at radius 3 is 2.77 bits per heavy atom. The molecule has 0 amide bonds. The molecule has 2 heteroatoms. The van der Waals surface area contributed by atoms with E-state index < -0.39 is 0 Å². The van der Waals surface area contributed by atoms with Crippen LogP contribution in [0, 0.1) is 6.92 Å². The number of aryl methyl sites for hydroxylation is 1. The number of ether oxygens (including phenoxy) is 1. The number of hydrogen-bond acceptors (Lipinski definition) is 1. The molecule has 0 saturated carbocycles. The first-order chi connectivity index (χ1) is 6.27. The summed E-state index contributed by atoms with van der Waals surface area (Å²) in [7, 11) is 1.68. The second-order valence-corrected chi connectivity index (χ2v) is 3.43. The molecule has 0 aliphatic heterocycles. The SMILES string of the molecule is COc1ccc(C=CCBr)c(C)c1. The summed E-state index contributed by atoms with van der Waals surface area (Å²) in [6.45, 7) is 2.08. The van der Waals surface area contributed by atoms with Crippen LogP contribution in [-0.2, 0) is 0 Å². The van der Waals surface area contributed by atoms with Crippen molar-refractivity contribution in [2.75, 3.05) is 12.4 Å². The third-order valence-corrected chi connectivity index (χ3v) is 2.24. The van der Waals surface area contributed by atoms with Gasteiger partial charge in [0.1, 0.15) is 5.75 Å². The summed E-state index contributed by atoms with van der Waals surface area (Å²) < 4.78 is 5.12. The zero-order valence-corrected chi connectivity index (χ0v) is 9.47. The third-order valence-electron chi connectivity index (χ3n) is 1.86. The molecule has 0 heterocycles. The molecule has 0 spiro atoms. The first kappa shape index (κ1) is 10.3. The molecule has 1 rings (SSSR count). The van der Waals surface area contributed by atoms with Crippen LogP contribution < -0.4 is 4.74 Å². The van der Waals surface area contributed by atoms with Crippen LogP contribution in [0.3, 0.4) is 0 Å². The van der Waals surface area contributed by atoms with Crippen LogP contribution in [0.15, 0.2) is 24.3 Å². The van der Waals surface area contributed by atoms with Crippen molar-refractivity contribution in [3.63, 3.8) is 0 Å². The van der Waals surface area contributed by atoms with Crippen LogP contribution in [0.25, 0.3) is 6.08 Å². The van der Waals surface area contributed by atoms with E-state index in [9.17, 15) is 0 Å². The fourth-order valence-corrected chi connectivity index (χ4v) is 1.32. The minimum absolute atomic E-state index is 0.887. The van der Waals surface area contributed by atoms with Crippen molar-refractivity contribution in [3.05, 3.63) is 35.4 Å². The molecule has 0 bridgehead atoms. The van der Waals surface area contributed by atoms with Gasteiger partial charge in [0.2, 0.25) is 0 Å². The van der Waals surface area contributed by atoms with Crippen molar-refractivity contribution in [1.82, 2.24) is 0 Å².